The molecule has 0 atom stereocenters. The zero-order valence-electron chi connectivity index (χ0n) is 17.7. The first-order chi connectivity index (χ1) is 15.0. The Bertz CT molecular complexity index is 1070. The number of piperazine rings is 1. The Morgan fingerprint density at radius 1 is 1.00 bits per heavy atom. The van der Waals surface area contributed by atoms with E-state index in [4.69, 9.17) is 0 Å². The molecule has 1 saturated heterocycles. The van der Waals surface area contributed by atoms with Gasteiger partial charge in [-0.3, -0.25) is 18.9 Å². The lowest BCUT2D eigenvalue weighted by molar-refractivity contribution is -0.130. The van der Waals surface area contributed by atoms with Gasteiger partial charge in [-0.25, -0.2) is 0 Å². The van der Waals surface area contributed by atoms with Gasteiger partial charge in [0.25, 0.3) is 0 Å². The van der Waals surface area contributed by atoms with E-state index in [1.807, 2.05) is 65.7 Å². The average Bonchev–Trinajstić information content (AvgIpc) is 3.18. The number of hydrogen-bond acceptors (Lipinski definition) is 6. The molecule has 2 aromatic heterocycles. The quantitative estimate of drug-likeness (QED) is 0.595. The number of carbonyl (C=O) groups excluding carboxylic acids is 2. The lowest BCUT2D eigenvalue weighted by Crippen LogP contribution is -2.50. The Labute approximate surface area is 185 Å². The van der Waals surface area contributed by atoms with Crippen LogP contribution in [0.3, 0.4) is 0 Å². The number of amides is 2. The van der Waals surface area contributed by atoms with Gasteiger partial charge in [0.05, 0.1) is 12.3 Å². The van der Waals surface area contributed by atoms with Gasteiger partial charge in [0.2, 0.25) is 11.8 Å². The molecule has 8 nitrogen and oxygen atoms in total. The van der Waals surface area contributed by atoms with Crippen molar-refractivity contribution >= 4 is 34.9 Å². The molecule has 4 rings (SSSR count). The molecule has 1 aromatic carbocycles. The molecule has 1 aliphatic heterocycles. The maximum absolute atomic E-state index is 12.6. The van der Waals surface area contributed by atoms with Crippen LogP contribution in [0.1, 0.15) is 11.1 Å². The second-order valence-corrected chi connectivity index (χ2v) is 8.61. The fraction of sp³-hybridized carbons (Fsp3) is 0.364. The molecule has 162 valence electrons. The topological polar surface area (TPSA) is 82.8 Å². The van der Waals surface area contributed by atoms with Crippen LogP contribution in [-0.2, 0) is 9.59 Å². The zero-order valence-corrected chi connectivity index (χ0v) is 18.6. The van der Waals surface area contributed by atoms with E-state index in [0.717, 1.165) is 22.5 Å². The number of nitrogens with one attached hydrogen (secondary N) is 1. The van der Waals surface area contributed by atoms with Crippen molar-refractivity contribution in [3.05, 3.63) is 53.7 Å². The van der Waals surface area contributed by atoms with E-state index in [0.29, 0.717) is 43.6 Å². The number of fused-ring (bicyclic) bond motifs is 1. The van der Waals surface area contributed by atoms with Crippen LogP contribution < -0.4 is 5.32 Å². The second-order valence-electron chi connectivity index (χ2n) is 7.67. The van der Waals surface area contributed by atoms with Crippen LogP contribution >= 0.6 is 11.8 Å². The zero-order chi connectivity index (χ0) is 21.8. The Kier molecular flexibility index (Phi) is 6.53. The number of anilines is 1. The fourth-order valence-electron chi connectivity index (χ4n) is 3.68. The summed E-state index contributed by atoms with van der Waals surface area (Å²) in [5.41, 5.74) is 3.77. The highest BCUT2D eigenvalue weighted by Gasteiger charge is 2.23. The summed E-state index contributed by atoms with van der Waals surface area (Å²) >= 11 is 1.39. The summed E-state index contributed by atoms with van der Waals surface area (Å²) in [5, 5.41) is 12.0. The lowest BCUT2D eigenvalue weighted by atomic mass is 10.1. The van der Waals surface area contributed by atoms with Gasteiger partial charge in [-0.2, -0.15) is 0 Å². The lowest BCUT2D eigenvalue weighted by Gasteiger charge is -2.34. The van der Waals surface area contributed by atoms with Crippen molar-refractivity contribution in [3.63, 3.8) is 0 Å². The van der Waals surface area contributed by atoms with Gasteiger partial charge in [0.15, 0.2) is 10.8 Å². The van der Waals surface area contributed by atoms with Crippen LogP contribution in [0.5, 0.6) is 0 Å². The molecule has 0 radical (unpaired) electrons. The molecular weight excluding hydrogens is 412 g/mol. The smallest absolute Gasteiger partial charge is 0.238 e. The molecule has 0 spiro atoms. The number of aryl methyl sites for hydroxylation is 2. The normalized spacial score (nSPS) is 14.7. The highest BCUT2D eigenvalue weighted by Crippen LogP contribution is 2.20. The second kappa shape index (κ2) is 9.49. The van der Waals surface area contributed by atoms with Crippen LogP contribution in [0.2, 0.25) is 0 Å². The van der Waals surface area contributed by atoms with Crippen molar-refractivity contribution < 1.29 is 9.59 Å². The fourth-order valence-corrected chi connectivity index (χ4v) is 4.51. The molecule has 1 aliphatic rings. The van der Waals surface area contributed by atoms with Crippen LogP contribution in [-0.4, -0.2) is 74.7 Å². The van der Waals surface area contributed by atoms with Crippen molar-refractivity contribution in [2.24, 2.45) is 0 Å². The van der Waals surface area contributed by atoms with E-state index in [1.54, 1.807) is 0 Å². The van der Waals surface area contributed by atoms with E-state index < -0.39 is 0 Å². The number of thioether (sulfide) groups is 1. The van der Waals surface area contributed by atoms with E-state index in [9.17, 15) is 9.59 Å². The van der Waals surface area contributed by atoms with Crippen molar-refractivity contribution in [1.82, 2.24) is 24.4 Å². The number of hydrogen-bond donors (Lipinski definition) is 1. The van der Waals surface area contributed by atoms with E-state index in [1.165, 1.54) is 11.8 Å². The van der Waals surface area contributed by atoms with Crippen LogP contribution in [0.25, 0.3) is 5.65 Å². The number of benzene rings is 1. The first kappa shape index (κ1) is 21.3. The molecule has 31 heavy (non-hydrogen) atoms. The molecule has 0 unspecified atom stereocenters. The van der Waals surface area contributed by atoms with Crippen LogP contribution in [0.4, 0.5) is 5.69 Å². The largest absolute Gasteiger partial charge is 0.339 e. The number of para-hydroxylation sites is 1. The van der Waals surface area contributed by atoms with Gasteiger partial charge in [-0.05, 0) is 37.1 Å². The van der Waals surface area contributed by atoms with Crippen molar-refractivity contribution in [2.75, 3.05) is 43.8 Å². The van der Waals surface area contributed by atoms with Gasteiger partial charge >= 0.3 is 0 Å². The van der Waals surface area contributed by atoms with Crippen molar-refractivity contribution in [1.29, 1.82) is 0 Å². The van der Waals surface area contributed by atoms with E-state index in [-0.39, 0.29) is 11.8 Å². The predicted octanol–water partition coefficient (Wildman–Crippen LogP) is 2.22. The molecular formula is C22H26N6O2S. The number of rotatable bonds is 6. The molecule has 0 saturated carbocycles. The maximum atomic E-state index is 12.6. The van der Waals surface area contributed by atoms with E-state index in [2.05, 4.69) is 20.4 Å². The van der Waals surface area contributed by atoms with Gasteiger partial charge in [0.1, 0.15) is 0 Å². The van der Waals surface area contributed by atoms with Gasteiger partial charge in [0, 0.05) is 38.1 Å². The monoisotopic (exact) mass is 438 g/mol. The first-order valence-electron chi connectivity index (χ1n) is 10.3. The van der Waals surface area contributed by atoms with Crippen LogP contribution in [0.15, 0.2) is 47.8 Å². The number of aromatic nitrogens is 3. The third-order valence-corrected chi connectivity index (χ3v) is 6.37. The van der Waals surface area contributed by atoms with E-state index >= 15 is 0 Å². The summed E-state index contributed by atoms with van der Waals surface area (Å²) in [6.45, 7) is 6.93. The highest BCUT2D eigenvalue weighted by atomic mass is 32.2. The molecule has 3 aromatic rings. The molecule has 0 bridgehead atoms. The third kappa shape index (κ3) is 5.05. The summed E-state index contributed by atoms with van der Waals surface area (Å²) in [7, 11) is 0. The van der Waals surface area contributed by atoms with Crippen molar-refractivity contribution in [2.45, 2.75) is 19.0 Å². The SMILES string of the molecule is Cc1cccc(C)c1NC(=O)CN1CCN(C(=O)CSc2nnc3ccccn23)CC1. The van der Waals surface area contributed by atoms with Gasteiger partial charge in [-0.15, -0.1) is 10.2 Å². The number of nitrogens with zero attached hydrogens (tertiary/aromatic N) is 5. The molecule has 9 heteroatoms. The van der Waals surface area contributed by atoms with Gasteiger partial charge in [-0.1, -0.05) is 36.0 Å². The Hall–Kier alpha value is -2.91. The first-order valence-corrected chi connectivity index (χ1v) is 11.3. The summed E-state index contributed by atoms with van der Waals surface area (Å²) in [5.74, 6) is 0.381. The average molecular weight is 439 g/mol. The minimum Gasteiger partial charge on any atom is -0.339 e. The standard InChI is InChI=1S/C22H26N6O2S/c1-16-6-5-7-17(2)21(16)23-19(29)14-26-10-12-27(13-11-26)20(30)15-31-22-25-24-18-8-3-4-9-28(18)22/h3-9H,10-15H2,1-2H3,(H,23,29). The van der Waals surface area contributed by atoms with Crippen molar-refractivity contribution in [3.8, 4) is 0 Å². The predicted molar refractivity (Wildman–Crippen MR) is 121 cm³/mol. The Morgan fingerprint density at radius 3 is 2.48 bits per heavy atom. The maximum Gasteiger partial charge on any atom is 0.238 e. The number of pyridine rings is 1. The third-order valence-electron chi connectivity index (χ3n) is 5.44. The minimum atomic E-state index is -0.0218. The Balaban J connectivity index is 1.23. The highest BCUT2D eigenvalue weighted by molar-refractivity contribution is 7.99. The van der Waals surface area contributed by atoms with Gasteiger partial charge < -0.3 is 10.2 Å². The molecule has 0 aliphatic carbocycles. The molecule has 3 heterocycles. The summed E-state index contributed by atoms with van der Waals surface area (Å²) < 4.78 is 1.88. The molecule has 1 fully saturated rings. The Morgan fingerprint density at radius 2 is 1.74 bits per heavy atom. The molecule has 1 N–H and O–H groups in total. The molecule has 2 amide bonds. The van der Waals surface area contributed by atoms with Crippen LogP contribution in [0, 0.1) is 13.8 Å². The summed E-state index contributed by atoms with van der Waals surface area (Å²) in [6, 6.07) is 11.7. The minimum absolute atomic E-state index is 0.0218. The summed E-state index contributed by atoms with van der Waals surface area (Å²) in [6.07, 6.45) is 1.89. The summed E-state index contributed by atoms with van der Waals surface area (Å²) in [4.78, 5) is 29.1. The number of carbonyl (C=O) groups is 2.